The molecule has 1 N–H and O–H groups in total. The van der Waals surface area contributed by atoms with Gasteiger partial charge >= 0.3 is 5.97 Å². The van der Waals surface area contributed by atoms with Crippen molar-refractivity contribution in [3.8, 4) is 0 Å². The van der Waals surface area contributed by atoms with Gasteiger partial charge in [0.05, 0.1) is 23.2 Å². The Morgan fingerprint density at radius 1 is 1.23 bits per heavy atom. The minimum atomic E-state index is -0.590. The Balaban J connectivity index is 1.88. The molecule has 0 aromatic carbocycles. The van der Waals surface area contributed by atoms with Crippen molar-refractivity contribution in [1.29, 1.82) is 0 Å². The summed E-state index contributed by atoms with van der Waals surface area (Å²) in [6.07, 6.45) is 10.8. The Hall–Kier alpha value is -1.80. The van der Waals surface area contributed by atoms with Gasteiger partial charge in [0, 0.05) is 31.5 Å². The number of esters is 1. The number of ether oxygens (including phenoxy) is 1. The summed E-state index contributed by atoms with van der Waals surface area (Å²) in [6, 6.07) is -0.589. The van der Waals surface area contributed by atoms with Gasteiger partial charge in [0.25, 0.3) is 0 Å². The van der Waals surface area contributed by atoms with Crippen molar-refractivity contribution in [2.75, 3.05) is 32.8 Å². The van der Waals surface area contributed by atoms with Crippen LogP contribution in [0.25, 0.3) is 0 Å². The molecular weight excluding hydrogens is 464 g/mol. The predicted molar refractivity (Wildman–Crippen MR) is 139 cm³/mol. The molecule has 3 saturated heterocycles. The molecular formula is C27H42N2O5S. The number of aliphatic hydroxyl groups excluding tert-OH is 1. The number of likely N-dealkylation sites (tertiary alicyclic amines) is 1. The van der Waals surface area contributed by atoms with Gasteiger partial charge in [0.2, 0.25) is 11.8 Å². The number of allylic oxidation sites excluding steroid dienone is 1. The van der Waals surface area contributed by atoms with E-state index in [1.54, 1.807) is 28.8 Å². The van der Waals surface area contributed by atoms with Crippen molar-refractivity contribution in [2.45, 2.75) is 80.7 Å². The third kappa shape index (κ3) is 5.63. The quantitative estimate of drug-likeness (QED) is 0.196. The molecule has 2 bridgehead atoms. The molecule has 5 atom stereocenters. The summed E-state index contributed by atoms with van der Waals surface area (Å²) < 4.78 is 5.01. The van der Waals surface area contributed by atoms with Gasteiger partial charge in [-0.25, -0.2) is 0 Å². The van der Waals surface area contributed by atoms with Gasteiger partial charge in [-0.05, 0) is 44.9 Å². The monoisotopic (exact) mass is 506 g/mol. The molecule has 1 spiro atoms. The zero-order valence-electron chi connectivity index (χ0n) is 21.2. The smallest absolute Gasteiger partial charge is 0.310 e. The lowest BCUT2D eigenvalue weighted by molar-refractivity contribution is -0.154. The van der Waals surface area contributed by atoms with Crippen molar-refractivity contribution in [1.82, 2.24) is 9.80 Å². The van der Waals surface area contributed by atoms with Crippen molar-refractivity contribution in [2.24, 2.45) is 11.8 Å². The van der Waals surface area contributed by atoms with Crippen LogP contribution in [0, 0.1) is 11.8 Å². The van der Waals surface area contributed by atoms with E-state index in [1.165, 1.54) is 0 Å². The Morgan fingerprint density at radius 3 is 2.71 bits per heavy atom. The van der Waals surface area contributed by atoms with Gasteiger partial charge in [-0.3, -0.25) is 14.4 Å². The summed E-state index contributed by atoms with van der Waals surface area (Å²) in [5, 5.41) is 9.31. The number of rotatable bonds is 16. The lowest BCUT2D eigenvalue weighted by Crippen LogP contribution is -2.55. The SMILES string of the molecule is C=CCCCOC(=O)[C@@H]1[C@H]2C(=O)N(CCCCO)C(C(=O)N(CC=C)CCCCC)C23CC[C@H]1S3. The van der Waals surface area contributed by atoms with E-state index >= 15 is 0 Å². The highest BCUT2D eigenvalue weighted by Gasteiger charge is 2.74. The summed E-state index contributed by atoms with van der Waals surface area (Å²) in [5.74, 6) is -1.47. The third-order valence-corrected chi connectivity index (χ3v) is 9.55. The molecule has 0 saturated carbocycles. The minimum absolute atomic E-state index is 0.0127. The number of carbonyl (C=O) groups is 3. The molecule has 7 nitrogen and oxygen atoms in total. The molecule has 0 aliphatic carbocycles. The number of hydrogen-bond acceptors (Lipinski definition) is 6. The number of thioether (sulfide) groups is 1. The first-order valence-electron chi connectivity index (χ1n) is 13.2. The average molecular weight is 507 g/mol. The predicted octanol–water partition coefficient (Wildman–Crippen LogP) is 3.56. The molecule has 3 rings (SSSR count). The van der Waals surface area contributed by atoms with Crippen molar-refractivity contribution >= 4 is 29.5 Å². The lowest BCUT2D eigenvalue weighted by Gasteiger charge is -2.37. The third-order valence-electron chi connectivity index (χ3n) is 7.60. The first-order valence-corrected chi connectivity index (χ1v) is 14.1. The van der Waals surface area contributed by atoms with Gasteiger partial charge < -0.3 is 19.6 Å². The van der Waals surface area contributed by atoms with Crippen LogP contribution in [0.15, 0.2) is 25.3 Å². The largest absolute Gasteiger partial charge is 0.465 e. The van der Waals surface area contributed by atoms with Crippen LogP contribution >= 0.6 is 11.8 Å². The Morgan fingerprint density at radius 2 is 2.03 bits per heavy atom. The standard InChI is InChI=1S/C27H42N2O5S/c1-4-7-9-16-28(15-6-3)25(32)23-27-14-13-20(35-27)21(26(33)34-19-12-8-5-2)22(27)24(31)29(23)17-10-11-18-30/h5-6,20-23,30H,2-4,7-19H2,1H3/t20-,21+,22+,23?,27?/m1/s1. The van der Waals surface area contributed by atoms with E-state index in [4.69, 9.17) is 4.74 Å². The van der Waals surface area contributed by atoms with Gasteiger partial charge in [-0.2, -0.15) is 0 Å². The van der Waals surface area contributed by atoms with Crippen LogP contribution in [0.4, 0.5) is 0 Å². The number of unbranched alkanes of at least 4 members (excludes halogenated alkanes) is 4. The highest BCUT2D eigenvalue weighted by Crippen LogP contribution is 2.66. The van der Waals surface area contributed by atoms with Crippen molar-refractivity contribution in [3.05, 3.63) is 25.3 Å². The fourth-order valence-electron chi connectivity index (χ4n) is 6.00. The summed E-state index contributed by atoms with van der Waals surface area (Å²) in [4.78, 5) is 44.6. The van der Waals surface area contributed by atoms with E-state index in [9.17, 15) is 19.5 Å². The van der Waals surface area contributed by atoms with E-state index in [0.717, 1.165) is 38.5 Å². The maximum absolute atomic E-state index is 14.1. The van der Waals surface area contributed by atoms with Crippen LogP contribution in [-0.4, -0.2) is 81.6 Å². The molecule has 8 heteroatoms. The average Bonchev–Trinajstić information content (AvgIpc) is 3.49. The minimum Gasteiger partial charge on any atom is -0.465 e. The molecule has 35 heavy (non-hydrogen) atoms. The van der Waals surface area contributed by atoms with Gasteiger partial charge in [0.1, 0.15) is 6.04 Å². The van der Waals surface area contributed by atoms with E-state index < -0.39 is 22.6 Å². The first kappa shape index (κ1) is 27.8. The molecule has 2 unspecified atom stereocenters. The summed E-state index contributed by atoms with van der Waals surface area (Å²) >= 11 is 1.67. The Labute approximate surface area is 214 Å². The van der Waals surface area contributed by atoms with Crippen LogP contribution in [-0.2, 0) is 19.1 Å². The molecule has 3 aliphatic heterocycles. The molecule has 0 aromatic rings. The molecule has 0 aromatic heterocycles. The number of fused-ring (bicyclic) bond motifs is 1. The second kappa shape index (κ2) is 12.9. The van der Waals surface area contributed by atoms with E-state index in [0.29, 0.717) is 45.5 Å². The van der Waals surface area contributed by atoms with Crippen molar-refractivity contribution < 1.29 is 24.2 Å². The molecule has 3 aliphatic rings. The topological polar surface area (TPSA) is 87.1 Å². The normalized spacial score (nSPS) is 28.7. The van der Waals surface area contributed by atoms with Crippen LogP contribution in [0.5, 0.6) is 0 Å². The molecule has 3 fully saturated rings. The Bertz CT molecular complexity index is 790. The second-order valence-corrected chi connectivity index (χ2v) is 11.5. The highest BCUT2D eigenvalue weighted by atomic mass is 32.2. The summed E-state index contributed by atoms with van der Waals surface area (Å²) in [6.45, 7) is 11.5. The van der Waals surface area contributed by atoms with E-state index in [-0.39, 0.29) is 29.6 Å². The molecule has 2 amide bonds. The lowest BCUT2D eigenvalue weighted by atomic mass is 9.71. The Kier molecular flexibility index (Phi) is 10.3. The summed E-state index contributed by atoms with van der Waals surface area (Å²) in [7, 11) is 0. The first-order chi connectivity index (χ1) is 17.0. The molecule has 3 heterocycles. The van der Waals surface area contributed by atoms with Crippen molar-refractivity contribution in [3.63, 3.8) is 0 Å². The molecule has 196 valence electrons. The van der Waals surface area contributed by atoms with Gasteiger partial charge in [-0.15, -0.1) is 24.9 Å². The number of nitrogens with zero attached hydrogens (tertiary/aromatic N) is 2. The fraction of sp³-hybridized carbons (Fsp3) is 0.741. The van der Waals surface area contributed by atoms with E-state index in [2.05, 4.69) is 20.1 Å². The van der Waals surface area contributed by atoms with Crippen LogP contribution in [0.1, 0.15) is 64.7 Å². The maximum atomic E-state index is 14.1. The number of aliphatic hydroxyl groups is 1. The number of hydrogen-bond donors (Lipinski definition) is 1. The van der Waals surface area contributed by atoms with Crippen LogP contribution in [0.2, 0.25) is 0 Å². The van der Waals surface area contributed by atoms with E-state index in [1.807, 2.05) is 4.90 Å². The number of amides is 2. The zero-order valence-corrected chi connectivity index (χ0v) is 22.0. The zero-order chi connectivity index (χ0) is 25.4. The maximum Gasteiger partial charge on any atom is 0.310 e. The number of carbonyl (C=O) groups excluding carboxylic acids is 3. The van der Waals surface area contributed by atoms with Gasteiger partial charge in [0.15, 0.2) is 0 Å². The molecule has 0 radical (unpaired) electrons. The van der Waals surface area contributed by atoms with Gasteiger partial charge in [-0.1, -0.05) is 31.9 Å². The van der Waals surface area contributed by atoms with Crippen LogP contribution in [0.3, 0.4) is 0 Å². The fourth-order valence-corrected chi connectivity index (χ4v) is 8.21. The van der Waals surface area contributed by atoms with Crippen LogP contribution < -0.4 is 0 Å². The highest BCUT2D eigenvalue weighted by molar-refractivity contribution is 8.02. The second-order valence-electron chi connectivity index (χ2n) is 9.90. The summed E-state index contributed by atoms with van der Waals surface area (Å²) in [5.41, 5.74) is 0.